The molecular weight excluding hydrogens is 467 g/mol. The predicted octanol–water partition coefficient (Wildman–Crippen LogP) is 4.54. The van der Waals surface area contributed by atoms with Crippen LogP contribution in [-0.2, 0) is 0 Å². The topological polar surface area (TPSA) is 104 Å². The first-order valence-corrected chi connectivity index (χ1v) is 11.8. The summed E-state index contributed by atoms with van der Waals surface area (Å²) in [6, 6.07) is 2.64. The van der Waals surface area contributed by atoms with E-state index in [9.17, 15) is 10.1 Å². The molecule has 2 saturated heterocycles. The van der Waals surface area contributed by atoms with Crippen LogP contribution in [0.15, 0.2) is 17.2 Å². The summed E-state index contributed by atoms with van der Waals surface area (Å²) >= 11 is 12.1. The molecular formula is C21H26Cl2N8O2. The highest BCUT2D eigenvalue weighted by Gasteiger charge is 2.21. The maximum Gasteiger partial charge on any atom is 0.288 e. The molecule has 1 aromatic heterocycles. The molecule has 0 atom stereocenters. The van der Waals surface area contributed by atoms with Crippen molar-refractivity contribution in [2.24, 2.45) is 5.10 Å². The minimum atomic E-state index is -0.554. The Hall–Kier alpha value is -2.72. The molecule has 4 rings (SSSR count). The summed E-state index contributed by atoms with van der Waals surface area (Å²) in [7, 11) is 1.73. The van der Waals surface area contributed by atoms with Crippen LogP contribution in [0.5, 0.6) is 0 Å². The molecule has 0 amide bonds. The molecule has 0 bridgehead atoms. The number of aromatic nitrogens is 3. The molecule has 33 heavy (non-hydrogen) atoms. The lowest BCUT2D eigenvalue weighted by Crippen LogP contribution is -2.35. The SMILES string of the molecule is CN(/N=C/c1cc([N+](=O)[O-])c(Cl)cc1Cl)c1nc(N2CCCCC2)nc(N2CCCCC2)n1. The van der Waals surface area contributed by atoms with Gasteiger partial charge in [0.1, 0.15) is 5.02 Å². The number of halogens is 2. The summed E-state index contributed by atoms with van der Waals surface area (Å²) in [4.78, 5) is 29.2. The fourth-order valence-corrected chi connectivity index (χ4v) is 4.45. The monoisotopic (exact) mass is 492 g/mol. The van der Waals surface area contributed by atoms with Crippen LogP contribution in [0, 0.1) is 10.1 Å². The number of benzene rings is 1. The van der Waals surface area contributed by atoms with Gasteiger partial charge in [-0.3, -0.25) is 10.1 Å². The average molecular weight is 493 g/mol. The third-order valence-corrected chi connectivity index (χ3v) is 6.43. The van der Waals surface area contributed by atoms with Crippen molar-refractivity contribution in [2.75, 3.05) is 48.0 Å². The van der Waals surface area contributed by atoms with Gasteiger partial charge in [0.25, 0.3) is 11.6 Å². The van der Waals surface area contributed by atoms with Gasteiger partial charge in [0, 0.05) is 44.9 Å². The lowest BCUT2D eigenvalue weighted by molar-refractivity contribution is -0.384. The molecule has 10 nitrogen and oxygen atoms in total. The molecule has 2 fully saturated rings. The van der Waals surface area contributed by atoms with Gasteiger partial charge in [0.05, 0.1) is 16.2 Å². The number of hydrogen-bond acceptors (Lipinski definition) is 9. The number of nitrogens with zero attached hydrogens (tertiary/aromatic N) is 8. The lowest BCUT2D eigenvalue weighted by Gasteiger charge is -2.30. The Morgan fingerprint density at radius 3 is 2.00 bits per heavy atom. The zero-order valence-corrected chi connectivity index (χ0v) is 20.0. The van der Waals surface area contributed by atoms with Crippen molar-refractivity contribution < 1.29 is 4.92 Å². The van der Waals surface area contributed by atoms with Crippen LogP contribution in [-0.4, -0.2) is 59.3 Å². The van der Waals surface area contributed by atoms with Gasteiger partial charge in [0.15, 0.2) is 0 Å². The van der Waals surface area contributed by atoms with E-state index < -0.39 is 4.92 Å². The largest absolute Gasteiger partial charge is 0.341 e. The number of hydrazone groups is 1. The maximum atomic E-state index is 11.2. The van der Waals surface area contributed by atoms with Crippen molar-refractivity contribution in [3.8, 4) is 0 Å². The first-order chi connectivity index (χ1) is 15.9. The zero-order chi connectivity index (χ0) is 23.4. The molecule has 1 aromatic carbocycles. The highest BCUT2D eigenvalue weighted by atomic mass is 35.5. The smallest absolute Gasteiger partial charge is 0.288 e. The first kappa shape index (κ1) is 23.4. The highest BCUT2D eigenvalue weighted by molar-refractivity contribution is 6.37. The van der Waals surface area contributed by atoms with Gasteiger partial charge in [-0.05, 0) is 44.6 Å². The second-order valence-electron chi connectivity index (χ2n) is 8.18. The van der Waals surface area contributed by atoms with Crippen LogP contribution in [0.3, 0.4) is 0 Å². The third-order valence-electron chi connectivity index (χ3n) is 5.80. The fourth-order valence-electron chi connectivity index (χ4n) is 3.95. The number of nitro groups is 1. The van der Waals surface area contributed by atoms with Crippen LogP contribution in [0.25, 0.3) is 0 Å². The Bertz CT molecular complexity index is 1000. The fraction of sp³-hybridized carbons (Fsp3) is 0.524. The van der Waals surface area contributed by atoms with Gasteiger partial charge in [-0.1, -0.05) is 23.2 Å². The first-order valence-electron chi connectivity index (χ1n) is 11.1. The van der Waals surface area contributed by atoms with Crippen LogP contribution < -0.4 is 14.8 Å². The maximum absolute atomic E-state index is 11.2. The second kappa shape index (κ2) is 10.5. The third kappa shape index (κ3) is 5.62. The summed E-state index contributed by atoms with van der Waals surface area (Å²) < 4.78 is 0. The van der Waals surface area contributed by atoms with Crippen molar-refractivity contribution in [3.05, 3.63) is 37.9 Å². The average Bonchev–Trinajstić information content (AvgIpc) is 2.84. The zero-order valence-electron chi connectivity index (χ0n) is 18.5. The summed E-state index contributed by atoms with van der Waals surface area (Å²) in [5.41, 5.74) is 0.145. The molecule has 0 radical (unpaired) electrons. The van der Waals surface area contributed by atoms with Crippen molar-refractivity contribution >= 4 is 52.9 Å². The molecule has 0 spiro atoms. The van der Waals surface area contributed by atoms with Crippen LogP contribution in [0.2, 0.25) is 10.0 Å². The minimum absolute atomic E-state index is 0.0229. The Balaban J connectivity index is 1.64. The Morgan fingerprint density at radius 2 is 1.48 bits per heavy atom. The molecule has 2 aliphatic rings. The van der Waals surface area contributed by atoms with Gasteiger partial charge in [-0.15, -0.1) is 0 Å². The van der Waals surface area contributed by atoms with E-state index in [1.54, 1.807) is 7.05 Å². The molecule has 176 valence electrons. The van der Waals surface area contributed by atoms with E-state index in [-0.39, 0.29) is 15.7 Å². The van der Waals surface area contributed by atoms with Crippen molar-refractivity contribution in [1.82, 2.24) is 15.0 Å². The van der Waals surface area contributed by atoms with Gasteiger partial charge in [0.2, 0.25) is 11.9 Å². The second-order valence-corrected chi connectivity index (χ2v) is 9.00. The Kier molecular flexibility index (Phi) is 7.44. The molecule has 2 aromatic rings. The number of nitro benzene ring substituents is 1. The van der Waals surface area contributed by atoms with Gasteiger partial charge < -0.3 is 9.80 Å². The molecule has 3 heterocycles. The van der Waals surface area contributed by atoms with Gasteiger partial charge in [-0.25, -0.2) is 5.01 Å². The summed E-state index contributed by atoms with van der Waals surface area (Å²) in [5, 5.41) is 17.4. The number of anilines is 3. The molecule has 0 unspecified atom stereocenters. The molecule has 0 N–H and O–H groups in total. The molecule has 0 aliphatic carbocycles. The number of hydrogen-bond donors (Lipinski definition) is 0. The minimum Gasteiger partial charge on any atom is -0.341 e. The van der Waals surface area contributed by atoms with Crippen molar-refractivity contribution in [3.63, 3.8) is 0 Å². The van der Waals surface area contributed by atoms with E-state index in [0.717, 1.165) is 51.9 Å². The quantitative estimate of drug-likeness (QED) is 0.328. The standard InChI is InChI=1S/C21H26Cl2N8O2/c1-28(24-14-15-12-18(31(32)33)17(23)13-16(15)22)19-25-20(29-8-4-2-5-9-29)27-21(26-19)30-10-6-3-7-11-30/h12-14H,2-11H2,1H3/b24-14+. The van der Waals surface area contributed by atoms with Gasteiger partial charge in [-0.2, -0.15) is 20.1 Å². The predicted molar refractivity (Wildman–Crippen MR) is 131 cm³/mol. The van der Waals surface area contributed by atoms with E-state index >= 15 is 0 Å². The summed E-state index contributed by atoms with van der Waals surface area (Å²) in [6.07, 6.45) is 8.32. The summed E-state index contributed by atoms with van der Waals surface area (Å²) in [6.45, 7) is 3.67. The Labute approximate surface area is 202 Å². The molecule has 12 heteroatoms. The lowest BCUT2D eigenvalue weighted by atomic mass is 10.1. The Morgan fingerprint density at radius 1 is 0.939 bits per heavy atom. The van der Waals surface area contributed by atoms with Crippen molar-refractivity contribution in [2.45, 2.75) is 38.5 Å². The highest BCUT2D eigenvalue weighted by Crippen LogP contribution is 2.30. The summed E-state index contributed by atoms with van der Waals surface area (Å²) in [5.74, 6) is 1.71. The number of rotatable bonds is 6. The molecule has 2 aliphatic heterocycles. The molecule has 0 saturated carbocycles. The normalized spacial score (nSPS) is 16.9. The van der Waals surface area contributed by atoms with Crippen LogP contribution >= 0.6 is 23.2 Å². The van der Waals surface area contributed by atoms with Gasteiger partial charge >= 0.3 is 0 Å². The van der Waals surface area contributed by atoms with Crippen LogP contribution in [0.1, 0.15) is 44.1 Å². The van der Waals surface area contributed by atoms with E-state index in [2.05, 4.69) is 24.9 Å². The van der Waals surface area contributed by atoms with E-state index in [1.165, 1.54) is 36.2 Å². The van der Waals surface area contributed by atoms with Crippen LogP contribution in [0.4, 0.5) is 23.5 Å². The number of piperidine rings is 2. The van der Waals surface area contributed by atoms with E-state index in [1.807, 2.05) is 0 Å². The van der Waals surface area contributed by atoms with Crippen molar-refractivity contribution in [1.29, 1.82) is 0 Å². The van der Waals surface area contributed by atoms with E-state index in [4.69, 9.17) is 28.2 Å². The van der Waals surface area contributed by atoms with E-state index in [0.29, 0.717) is 23.4 Å².